The molecule has 21 heteroatoms. The molecule has 21 nitrogen and oxygen atoms in total. The molecule has 0 aliphatic heterocycles. The largest absolute Gasteiger partial charge is 0.494 e. The number of anilines is 2. The highest BCUT2D eigenvalue weighted by molar-refractivity contribution is 6.02. The molecule has 0 unspecified atom stereocenters. The van der Waals surface area contributed by atoms with Gasteiger partial charge < -0.3 is 34.3 Å². The van der Waals surface area contributed by atoms with Crippen LogP contribution in [-0.4, -0.2) is 57.2 Å². The van der Waals surface area contributed by atoms with Crippen LogP contribution in [0.2, 0.25) is 0 Å². The average Bonchev–Trinajstić information content (AvgIpc) is 0.800. The van der Waals surface area contributed by atoms with Crippen LogP contribution >= 0.6 is 0 Å². The van der Waals surface area contributed by atoms with Crippen molar-refractivity contribution in [2.24, 2.45) is 51.1 Å². The number of ketones is 1. The smallest absolute Gasteiger partial charge is 0.343 e. The lowest BCUT2D eigenvalue weighted by atomic mass is 10.0. The number of nitrogens with zero attached hydrogens (tertiary/aromatic N) is 10. The average molecular weight is 1570 g/mol. The lowest BCUT2D eigenvalue weighted by molar-refractivity contribution is -0.138. The maximum atomic E-state index is 13.1. The minimum Gasteiger partial charge on any atom is -0.494 e. The molecule has 0 saturated carbocycles. The minimum absolute atomic E-state index is 0.0564. The van der Waals surface area contributed by atoms with Crippen molar-refractivity contribution in [1.82, 2.24) is 0 Å². The SMILES string of the molecule is C=CC(=O)OCCCCCCOc1ccc(C(=O)Cc2ccc(CNc3ccc(N=Nc4cc(C)c(N=Nc5ccc(C)cc5)cc4C)c4ccccc34)cc2)cc1.C=CC(=O)OCCCCCCOc1ccc(C(=O)Oc2ccc(CNc3ccc(N=Nc4cc(C)c(N=Nc5ccc(N=NC)cc5)cc4C)c4ccccc34)cc2)cc1. The van der Waals surface area contributed by atoms with E-state index in [0.29, 0.717) is 68.6 Å². The minimum atomic E-state index is -0.448. The summed E-state index contributed by atoms with van der Waals surface area (Å²) in [4.78, 5) is 48.0. The molecule has 0 spiro atoms. The zero-order chi connectivity index (χ0) is 82.8. The monoisotopic (exact) mass is 1570 g/mol. The molecule has 0 amide bonds. The van der Waals surface area contributed by atoms with Gasteiger partial charge in [-0.25, -0.2) is 14.4 Å². The first-order chi connectivity index (χ1) is 57.5. The number of carbonyl (C=O) groups excluding carboxylic acids is 4. The van der Waals surface area contributed by atoms with Gasteiger partial charge in [-0.1, -0.05) is 116 Å². The molecule has 12 aromatic carbocycles. The number of hydrogen-bond acceptors (Lipinski definition) is 21. The molecule has 0 atom stereocenters. The second-order valence-electron chi connectivity index (χ2n) is 28.1. The number of Topliss-reactive ketones (excluding diaryl/α,β-unsaturated/α-hetero) is 1. The van der Waals surface area contributed by atoms with Crippen molar-refractivity contribution in [2.45, 2.75) is 105 Å². The van der Waals surface area contributed by atoms with Gasteiger partial charge in [-0.15, -0.1) is 10.2 Å². The number of hydrogen-bond donors (Lipinski definition) is 2. The number of rotatable bonds is 38. The zero-order valence-corrected chi connectivity index (χ0v) is 67.4. The van der Waals surface area contributed by atoms with E-state index in [2.05, 4.69) is 105 Å². The molecule has 0 radical (unpaired) electrons. The van der Waals surface area contributed by atoms with Crippen LogP contribution in [-0.2, 0) is 38.6 Å². The molecule has 598 valence electrons. The molecule has 0 fully saturated rings. The van der Waals surface area contributed by atoms with Crippen molar-refractivity contribution in [3.05, 3.63) is 324 Å². The maximum Gasteiger partial charge on any atom is 0.343 e. The Labute approximate surface area is 688 Å². The standard InChI is InChI=1S/C49H49N5O4.C48H47N7O5/c1-5-49(56)58-29-11-7-6-10-28-57-41-24-20-39(21-25-41)48(55)32-37-16-18-38(19-17-37)33-50-44-26-27-45(43-13-9-8-12-42(43)44)52-54-47-31-35(3)46(30-36(47)4)53-51-40-22-14-34(2)15-23-40;1-5-47(56)59-29-11-7-6-10-28-58-39-24-16-36(17-25-39)48(57)60-40-22-14-35(15-23-40)32-50-43-26-27-44(42-13-9-8-12-41(42)43)53-55-46-31-33(2)45(30-34(46)3)54-52-38-20-18-37(19-21-38)51-49-4/h5,8-9,12-27,30-31,50H,1,6-7,10-11,28-29,32-33H2,2-4H3;5,8-9,12-27,30-31,50H,1,6-7,10-11,28-29,32H2,2-4H3. The fourth-order valence-corrected chi connectivity index (χ4v) is 12.5. The van der Waals surface area contributed by atoms with Crippen LogP contribution < -0.4 is 24.8 Å². The summed E-state index contributed by atoms with van der Waals surface area (Å²) in [5.41, 5.74) is 18.1. The molecule has 2 N–H and O–H groups in total. The van der Waals surface area contributed by atoms with Gasteiger partial charge in [0.1, 0.15) is 17.2 Å². The van der Waals surface area contributed by atoms with Gasteiger partial charge in [0.25, 0.3) is 0 Å². The van der Waals surface area contributed by atoms with Gasteiger partial charge in [-0.2, -0.15) is 40.9 Å². The van der Waals surface area contributed by atoms with Crippen LogP contribution in [0, 0.1) is 34.6 Å². The van der Waals surface area contributed by atoms with Gasteiger partial charge in [-0.3, -0.25) is 4.79 Å². The van der Waals surface area contributed by atoms with Crippen molar-refractivity contribution in [1.29, 1.82) is 0 Å². The maximum absolute atomic E-state index is 13.1. The van der Waals surface area contributed by atoms with Gasteiger partial charge in [0.2, 0.25) is 0 Å². The fourth-order valence-electron chi connectivity index (χ4n) is 12.5. The van der Waals surface area contributed by atoms with Crippen LogP contribution in [0.1, 0.15) is 117 Å². The number of ether oxygens (including phenoxy) is 5. The summed E-state index contributed by atoms with van der Waals surface area (Å²) in [6.45, 7) is 19.9. The molecule has 0 heterocycles. The first-order valence-corrected chi connectivity index (χ1v) is 39.4. The molecule has 0 aromatic heterocycles. The van der Waals surface area contributed by atoms with Crippen molar-refractivity contribution >= 4 is 108 Å². The van der Waals surface area contributed by atoms with E-state index in [0.717, 1.165) is 180 Å². The van der Waals surface area contributed by atoms with Crippen LogP contribution in [0.3, 0.4) is 0 Å². The van der Waals surface area contributed by atoms with Gasteiger partial charge in [-0.05, 0) is 271 Å². The number of unbranched alkanes of at least 4 members (excludes halogenated alkanes) is 6. The Morgan fingerprint density at radius 1 is 0.347 bits per heavy atom. The second-order valence-corrected chi connectivity index (χ2v) is 28.1. The highest BCUT2D eigenvalue weighted by Gasteiger charge is 2.15. The third-order valence-electron chi connectivity index (χ3n) is 19.2. The van der Waals surface area contributed by atoms with Crippen molar-refractivity contribution in [2.75, 3.05) is 44.1 Å². The summed E-state index contributed by atoms with van der Waals surface area (Å²) < 4.78 is 27.3. The Bertz CT molecular complexity index is 5590. The quantitative estimate of drug-likeness (QED) is 0.00918. The van der Waals surface area contributed by atoms with Crippen molar-refractivity contribution in [3.8, 4) is 17.2 Å². The Morgan fingerprint density at radius 3 is 1.13 bits per heavy atom. The molecular weight excluding hydrogens is 1480 g/mol. The summed E-state index contributed by atoms with van der Waals surface area (Å²) >= 11 is 0. The first kappa shape index (κ1) is 84.8. The van der Waals surface area contributed by atoms with Gasteiger partial charge in [0, 0.05) is 77.2 Å². The van der Waals surface area contributed by atoms with Crippen molar-refractivity contribution < 1.29 is 42.9 Å². The van der Waals surface area contributed by atoms with E-state index in [9.17, 15) is 19.2 Å². The number of fused-ring (bicyclic) bond motifs is 2. The summed E-state index contributed by atoms with van der Waals surface area (Å²) in [6, 6.07) is 77.4. The lowest BCUT2D eigenvalue weighted by Gasteiger charge is -2.12. The number of esters is 3. The molecule has 0 aliphatic rings. The van der Waals surface area contributed by atoms with Gasteiger partial charge >= 0.3 is 17.9 Å². The third kappa shape index (κ3) is 25.7. The predicted octanol–water partition coefficient (Wildman–Crippen LogP) is 26.8. The molecule has 118 heavy (non-hydrogen) atoms. The van der Waals surface area contributed by atoms with Crippen LogP contribution in [0.15, 0.2) is 319 Å². The van der Waals surface area contributed by atoms with Crippen LogP contribution in [0.4, 0.5) is 62.6 Å². The van der Waals surface area contributed by atoms with Gasteiger partial charge in [0.05, 0.1) is 83.2 Å². The predicted molar refractivity (Wildman–Crippen MR) is 468 cm³/mol. The molecule has 0 saturated heterocycles. The molecular formula is C97H96N12O9. The Hall–Kier alpha value is -14.1. The Balaban J connectivity index is 0.000000232. The number of nitrogens with one attached hydrogen (secondary N) is 2. The fraction of sp³-hybridized carbons (Fsp3) is 0.216. The molecule has 0 bridgehead atoms. The lowest BCUT2D eigenvalue weighted by Crippen LogP contribution is -2.08. The van der Waals surface area contributed by atoms with E-state index < -0.39 is 11.9 Å². The van der Waals surface area contributed by atoms with Crippen molar-refractivity contribution in [3.63, 3.8) is 0 Å². The number of azo groups is 5. The highest BCUT2D eigenvalue weighted by atomic mass is 16.5. The summed E-state index contributed by atoms with van der Waals surface area (Å²) in [6.07, 6.45) is 9.90. The summed E-state index contributed by atoms with van der Waals surface area (Å²) in [7, 11) is 1.63. The molecule has 12 aromatic rings. The van der Waals surface area contributed by atoms with E-state index in [-0.39, 0.29) is 11.8 Å². The van der Waals surface area contributed by atoms with E-state index in [1.807, 2.05) is 211 Å². The van der Waals surface area contributed by atoms with E-state index in [1.165, 1.54) is 17.7 Å². The first-order valence-electron chi connectivity index (χ1n) is 39.4. The van der Waals surface area contributed by atoms with Crippen LogP contribution in [0.5, 0.6) is 17.2 Å². The molecule has 0 aliphatic carbocycles. The van der Waals surface area contributed by atoms with E-state index in [1.54, 1.807) is 43.4 Å². The normalized spacial score (nSPS) is 11.3. The Kier molecular flexibility index (Phi) is 31.6. The summed E-state index contributed by atoms with van der Waals surface area (Å²) in [5, 5.41) is 55.4. The summed E-state index contributed by atoms with van der Waals surface area (Å²) in [5.74, 6) is 0.707. The number of aryl methyl sites for hydroxylation is 5. The molecule has 12 rings (SSSR count). The topological polar surface area (TPSA) is 262 Å². The Morgan fingerprint density at radius 2 is 0.703 bits per heavy atom. The van der Waals surface area contributed by atoms with Gasteiger partial charge in [0.15, 0.2) is 5.78 Å². The second kappa shape index (κ2) is 44.0. The highest BCUT2D eigenvalue weighted by Crippen LogP contribution is 2.39. The number of carbonyl (C=O) groups is 4. The third-order valence-corrected chi connectivity index (χ3v) is 19.2. The van der Waals surface area contributed by atoms with E-state index in [4.69, 9.17) is 23.7 Å². The van der Waals surface area contributed by atoms with E-state index >= 15 is 0 Å². The van der Waals surface area contributed by atoms with Crippen LogP contribution in [0.25, 0.3) is 21.5 Å². The number of benzene rings is 12. The zero-order valence-electron chi connectivity index (χ0n) is 67.4.